The molecule has 140 valence electrons. The molecule has 2 aromatic rings. The van der Waals surface area contributed by atoms with E-state index in [9.17, 15) is 5.26 Å². The molecule has 0 aliphatic heterocycles. The summed E-state index contributed by atoms with van der Waals surface area (Å²) < 4.78 is 2.27. The molecule has 2 aliphatic rings. The van der Waals surface area contributed by atoms with Crippen LogP contribution in [-0.4, -0.2) is 15.8 Å². The Morgan fingerprint density at radius 3 is 2.59 bits per heavy atom. The van der Waals surface area contributed by atoms with E-state index in [0.29, 0.717) is 6.04 Å². The summed E-state index contributed by atoms with van der Waals surface area (Å²) in [4.78, 5) is 3.71. The van der Waals surface area contributed by atoms with Crippen LogP contribution in [0, 0.1) is 17.9 Å². The second-order valence-corrected chi connectivity index (χ2v) is 8.32. The third-order valence-corrected chi connectivity index (χ3v) is 6.80. The molecule has 1 aromatic heterocycles. The summed E-state index contributed by atoms with van der Waals surface area (Å²) in [5.74, 6) is 0. The number of nitriles is 1. The summed E-state index contributed by atoms with van der Waals surface area (Å²) in [6, 6.07) is 9.80. The standard InChI is InChI=1S/C23H28N4/c1-3-21-20-10-9-17(23(16-24)13-11-18(25-2)12-14-23)15-22(20)27(26-21)19-7-5-4-6-8-19/h9-10,15,18-19H,3-8,11-14H2,1H3. The highest BCUT2D eigenvalue weighted by Crippen LogP contribution is 2.41. The van der Waals surface area contributed by atoms with Gasteiger partial charge in [-0.3, -0.25) is 4.68 Å². The first-order valence-corrected chi connectivity index (χ1v) is 10.5. The van der Waals surface area contributed by atoms with Gasteiger partial charge in [0.2, 0.25) is 6.04 Å². The minimum Gasteiger partial charge on any atom is -0.314 e. The predicted molar refractivity (Wildman–Crippen MR) is 107 cm³/mol. The molecular weight excluding hydrogens is 332 g/mol. The number of hydrogen-bond donors (Lipinski definition) is 0. The third kappa shape index (κ3) is 3.12. The Labute approximate surface area is 162 Å². The van der Waals surface area contributed by atoms with Gasteiger partial charge in [0.15, 0.2) is 0 Å². The summed E-state index contributed by atoms with van der Waals surface area (Å²) >= 11 is 0. The first-order valence-electron chi connectivity index (χ1n) is 10.5. The maximum absolute atomic E-state index is 10.0. The highest BCUT2D eigenvalue weighted by atomic mass is 15.3. The van der Waals surface area contributed by atoms with E-state index in [2.05, 4.69) is 40.7 Å². The Balaban J connectivity index is 1.77. The van der Waals surface area contributed by atoms with Crippen molar-refractivity contribution in [2.75, 3.05) is 0 Å². The maximum atomic E-state index is 10.0. The number of fused-ring (bicyclic) bond motifs is 1. The van der Waals surface area contributed by atoms with E-state index in [1.165, 1.54) is 48.7 Å². The van der Waals surface area contributed by atoms with Crippen LogP contribution in [0.5, 0.6) is 0 Å². The minimum atomic E-state index is -0.441. The van der Waals surface area contributed by atoms with E-state index in [1.54, 1.807) is 0 Å². The van der Waals surface area contributed by atoms with Crippen molar-refractivity contribution in [1.82, 2.24) is 9.78 Å². The molecule has 0 unspecified atom stereocenters. The molecular formula is C23H28N4. The molecule has 4 nitrogen and oxygen atoms in total. The Hall–Kier alpha value is -2.33. The lowest BCUT2D eigenvalue weighted by Gasteiger charge is -2.31. The normalized spacial score (nSPS) is 26.6. The molecule has 0 amide bonds. The summed E-state index contributed by atoms with van der Waals surface area (Å²) in [6.45, 7) is 9.46. The summed E-state index contributed by atoms with van der Waals surface area (Å²) in [5, 5.41) is 16.3. The molecule has 2 aliphatic carbocycles. The number of rotatable bonds is 3. The van der Waals surface area contributed by atoms with Crippen molar-refractivity contribution in [3.05, 3.63) is 40.9 Å². The molecule has 1 aromatic carbocycles. The van der Waals surface area contributed by atoms with Gasteiger partial charge in [-0.1, -0.05) is 38.3 Å². The van der Waals surface area contributed by atoms with Crippen LogP contribution in [0.1, 0.15) is 82.0 Å². The number of aryl methyl sites for hydroxylation is 1. The molecule has 0 bridgehead atoms. The topological polar surface area (TPSA) is 46.0 Å². The van der Waals surface area contributed by atoms with E-state index in [4.69, 9.17) is 11.7 Å². The highest BCUT2D eigenvalue weighted by molar-refractivity contribution is 5.83. The average molecular weight is 361 g/mol. The smallest absolute Gasteiger partial charge is 0.223 e. The quantitative estimate of drug-likeness (QED) is 0.656. The SMILES string of the molecule is [C-]#[N+]C1CCC(C#N)(c2ccc3c(CC)nn(C4CCCCC4)c3c2)CC1. The van der Waals surface area contributed by atoms with Gasteiger partial charge in [-0.15, -0.1) is 0 Å². The fraction of sp³-hybridized carbons (Fsp3) is 0.609. The van der Waals surface area contributed by atoms with Crippen LogP contribution in [0.15, 0.2) is 18.2 Å². The van der Waals surface area contributed by atoms with Crippen molar-refractivity contribution >= 4 is 10.9 Å². The molecule has 2 saturated carbocycles. The number of aromatic nitrogens is 2. The fourth-order valence-corrected chi connectivity index (χ4v) is 5.06. The maximum Gasteiger partial charge on any atom is 0.223 e. The molecule has 4 heteroatoms. The summed E-state index contributed by atoms with van der Waals surface area (Å²) in [5.41, 5.74) is 3.06. The van der Waals surface area contributed by atoms with Crippen LogP contribution in [0.25, 0.3) is 15.7 Å². The molecule has 0 radical (unpaired) electrons. The third-order valence-electron chi connectivity index (χ3n) is 6.80. The second-order valence-electron chi connectivity index (χ2n) is 8.32. The van der Waals surface area contributed by atoms with Crippen LogP contribution >= 0.6 is 0 Å². The van der Waals surface area contributed by atoms with Crippen LogP contribution in [0.4, 0.5) is 0 Å². The zero-order chi connectivity index (χ0) is 18.9. The number of hydrogen-bond acceptors (Lipinski definition) is 2. The van der Waals surface area contributed by atoms with Crippen LogP contribution < -0.4 is 0 Å². The summed E-state index contributed by atoms with van der Waals surface area (Å²) in [7, 11) is 0. The molecule has 4 rings (SSSR count). The van der Waals surface area contributed by atoms with Gasteiger partial charge in [-0.2, -0.15) is 10.4 Å². The van der Waals surface area contributed by atoms with Gasteiger partial charge >= 0.3 is 0 Å². The lowest BCUT2D eigenvalue weighted by Crippen LogP contribution is -2.31. The van der Waals surface area contributed by atoms with Crippen molar-refractivity contribution in [3.63, 3.8) is 0 Å². The van der Waals surface area contributed by atoms with E-state index in [1.807, 2.05) is 0 Å². The molecule has 0 N–H and O–H groups in total. The minimum absolute atomic E-state index is 0.0923. The predicted octanol–water partition coefficient (Wildman–Crippen LogP) is 5.73. The first-order chi connectivity index (χ1) is 13.2. The van der Waals surface area contributed by atoms with Gasteiger partial charge in [-0.05, 0) is 43.7 Å². The van der Waals surface area contributed by atoms with Crippen LogP contribution in [-0.2, 0) is 11.8 Å². The fourth-order valence-electron chi connectivity index (χ4n) is 5.06. The molecule has 0 atom stereocenters. The molecule has 2 fully saturated rings. The molecule has 0 saturated heterocycles. The Bertz CT molecular complexity index is 897. The van der Waals surface area contributed by atoms with Crippen molar-refractivity contribution in [1.29, 1.82) is 5.26 Å². The monoisotopic (exact) mass is 360 g/mol. The van der Waals surface area contributed by atoms with Crippen LogP contribution in [0.3, 0.4) is 0 Å². The average Bonchev–Trinajstić information content (AvgIpc) is 3.12. The van der Waals surface area contributed by atoms with Crippen molar-refractivity contribution in [2.45, 2.75) is 88.6 Å². The van der Waals surface area contributed by atoms with Gasteiger partial charge in [0.1, 0.15) is 0 Å². The Morgan fingerprint density at radius 2 is 1.96 bits per heavy atom. The summed E-state index contributed by atoms with van der Waals surface area (Å²) in [6.07, 6.45) is 10.5. The highest BCUT2D eigenvalue weighted by Gasteiger charge is 2.39. The van der Waals surface area contributed by atoms with Gasteiger partial charge in [-0.25, -0.2) is 6.57 Å². The second kappa shape index (κ2) is 7.35. The zero-order valence-corrected chi connectivity index (χ0v) is 16.2. The van der Waals surface area contributed by atoms with Gasteiger partial charge in [0, 0.05) is 18.2 Å². The van der Waals surface area contributed by atoms with Crippen molar-refractivity contribution in [3.8, 4) is 6.07 Å². The Kier molecular flexibility index (Phi) is 4.92. The van der Waals surface area contributed by atoms with E-state index >= 15 is 0 Å². The van der Waals surface area contributed by atoms with E-state index < -0.39 is 5.41 Å². The van der Waals surface area contributed by atoms with Gasteiger partial charge in [0.05, 0.1) is 28.7 Å². The van der Waals surface area contributed by atoms with E-state index in [-0.39, 0.29) is 6.04 Å². The van der Waals surface area contributed by atoms with Crippen molar-refractivity contribution in [2.24, 2.45) is 0 Å². The van der Waals surface area contributed by atoms with E-state index in [0.717, 1.165) is 37.7 Å². The lowest BCUT2D eigenvalue weighted by molar-refractivity contribution is 0.335. The number of nitrogens with zero attached hydrogens (tertiary/aromatic N) is 4. The largest absolute Gasteiger partial charge is 0.314 e. The lowest BCUT2D eigenvalue weighted by atomic mass is 9.69. The van der Waals surface area contributed by atoms with Gasteiger partial charge in [0.25, 0.3) is 0 Å². The van der Waals surface area contributed by atoms with Gasteiger partial charge < -0.3 is 4.85 Å². The van der Waals surface area contributed by atoms with Crippen LogP contribution in [0.2, 0.25) is 0 Å². The first kappa shape index (κ1) is 18.1. The molecule has 0 spiro atoms. The molecule has 1 heterocycles. The van der Waals surface area contributed by atoms with Crippen molar-refractivity contribution < 1.29 is 0 Å². The zero-order valence-electron chi connectivity index (χ0n) is 16.2. The molecule has 27 heavy (non-hydrogen) atoms. The number of benzene rings is 1. The Morgan fingerprint density at radius 1 is 1.22 bits per heavy atom.